The molecule has 23 heavy (non-hydrogen) atoms. The third kappa shape index (κ3) is 3.37. The Morgan fingerprint density at radius 1 is 1.39 bits per heavy atom. The van der Waals surface area contributed by atoms with Crippen LogP contribution in [0.2, 0.25) is 0 Å². The standard InChI is InChI=1S/C17H22N4O2/c1-20-11-14(10-18-20)19-13-6-3-5-12(9-13)17(23)21(2)15-7-4-8-16(15)22/h3,5-6,9-11,15-16,19,22H,4,7-8H2,1-2H3/t15-,16-/m1/s1. The summed E-state index contributed by atoms with van der Waals surface area (Å²) in [5.41, 5.74) is 2.32. The summed E-state index contributed by atoms with van der Waals surface area (Å²) >= 11 is 0. The number of aryl methyl sites for hydroxylation is 1. The van der Waals surface area contributed by atoms with Crippen LogP contribution in [0.25, 0.3) is 0 Å². The molecule has 0 bridgehead atoms. The van der Waals surface area contributed by atoms with Crippen LogP contribution in [0.1, 0.15) is 29.6 Å². The number of anilines is 2. The van der Waals surface area contributed by atoms with Crippen molar-refractivity contribution in [3.8, 4) is 0 Å². The molecular formula is C17H22N4O2. The molecule has 1 fully saturated rings. The van der Waals surface area contributed by atoms with Crippen LogP contribution in [-0.4, -0.2) is 44.9 Å². The molecule has 3 rings (SSSR count). The van der Waals surface area contributed by atoms with Crippen molar-refractivity contribution in [3.63, 3.8) is 0 Å². The molecule has 1 aliphatic rings. The van der Waals surface area contributed by atoms with E-state index in [-0.39, 0.29) is 11.9 Å². The number of likely N-dealkylation sites (N-methyl/N-ethyl adjacent to an activating group) is 1. The first-order valence-electron chi connectivity index (χ1n) is 7.85. The summed E-state index contributed by atoms with van der Waals surface area (Å²) in [6.45, 7) is 0. The zero-order valence-electron chi connectivity index (χ0n) is 13.4. The lowest BCUT2D eigenvalue weighted by molar-refractivity contribution is 0.0539. The van der Waals surface area contributed by atoms with Gasteiger partial charge in [-0.25, -0.2) is 0 Å². The number of carbonyl (C=O) groups is 1. The number of benzene rings is 1. The average Bonchev–Trinajstić information content (AvgIpc) is 3.14. The molecule has 1 aromatic heterocycles. The summed E-state index contributed by atoms with van der Waals surface area (Å²) < 4.78 is 1.71. The van der Waals surface area contributed by atoms with Gasteiger partial charge in [-0.2, -0.15) is 5.10 Å². The molecule has 1 aliphatic carbocycles. The maximum Gasteiger partial charge on any atom is 0.254 e. The summed E-state index contributed by atoms with van der Waals surface area (Å²) in [4.78, 5) is 14.3. The fraction of sp³-hybridized carbons (Fsp3) is 0.412. The Labute approximate surface area is 135 Å². The van der Waals surface area contributed by atoms with Gasteiger partial charge in [-0.15, -0.1) is 0 Å². The fourth-order valence-electron chi connectivity index (χ4n) is 3.11. The van der Waals surface area contributed by atoms with Crippen molar-refractivity contribution in [2.75, 3.05) is 12.4 Å². The average molecular weight is 314 g/mol. The summed E-state index contributed by atoms with van der Waals surface area (Å²) in [5.74, 6) is -0.0641. The van der Waals surface area contributed by atoms with Crippen molar-refractivity contribution in [3.05, 3.63) is 42.2 Å². The lowest BCUT2D eigenvalue weighted by Gasteiger charge is -2.27. The van der Waals surface area contributed by atoms with Gasteiger partial charge < -0.3 is 15.3 Å². The second-order valence-corrected chi connectivity index (χ2v) is 6.09. The summed E-state index contributed by atoms with van der Waals surface area (Å²) in [7, 11) is 3.62. The lowest BCUT2D eigenvalue weighted by atomic mass is 10.1. The van der Waals surface area contributed by atoms with Gasteiger partial charge in [-0.1, -0.05) is 6.07 Å². The first-order chi connectivity index (χ1) is 11.0. The van der Waals surface area contributed by atoms with E-state index in [1.54, 1.807) is 28.9 Å². The molecule has 0 radical (unpaired) electrons. The molecular weight excluding hydrogens is 292 g/mol. The third-order valence-corrected chi connectivity index (χ3v) is 4.36. The first-order valence-corrected chi connectivity index (χ1v) is 7.85. The Morgan fingerprint density at radius 3 is 2.87 bits per heavy atom. The highest BCUT2D eigenvalue weighted by atomic mass is 16.3. The number of aliphatic hydroxyl groups is 1. The molecule has 1 heterocycles. The first kappa shape index (κ1) is 15.6. The second-order valence-electron chi connectivity index (χ2n) is 6.09. The maximum atomic E-state index is 12.7. The van der Waals surface area contributed by atoms with Gasteiger partial charge in [0.05, 0.1) is 24.0 Å². The quantitative estimate of drug-likeness (QED) is 0.907. The van der Waals surface area contributed by atoms with Crippen molar-refractivity contribution in [2.45, 2.75) is 31.4 Å². The van der Waals surface area contributed by atoms with Crippen LogP contribution >= 0.6 is 0 Å². The van der Waals surface area contributed by atoms with E-state index in [1.807, 2.05) is 31.4 Å². The number of nitrogens with zero attached hydrogens (tertiary/aromatic N) is 3. The Morgan fingerprint density at radius 2 is 2.22 bits per heavy atom. The number of aromatic nitrogens is 2. The zero-order valence-corrected chi connectivity index (χ0v) is 13.4. The van der Waals surface area contributed by atoms with Gasteiger partial charge in [0.25, 0.3) is 5.91 Å². The largest absolute Gasteiger partial charge is 0.391 e. The van der Waals surface area contributed by atoms with Gasteiger partial charge >= 0.3 is 0 Å². The van der Waals surface area contributed by atoms with Gasteiger partial charge in [0.2, 0.25) is 0 Å². The molecule has 0 saturated heterocycles. The van der Waals surface area contributed by atoms with Gasteiger partial charge in [0.15, 0.2) is 0 Å². The fourth-order valence-corrected chi connectivity index (χ4v) is 3.11. The predicted octanol–water partition coefficient (Wildman–Crippen LogP) is 2.15. The second kappa shape index (κ2) is 6.42. The normalized spacial score (nSPS) is 20.5. The summed E-state index contributed by atoms with van der Waals surface area (Å²) in [6, 6.07) is 7.30. The van der Waals surface area contributed by atoms with Crippen molar-refractivity contribution in [1.82, 2.24) is 14.7 Å². The van der Waals surface area contributed by atoms with Gasteiger partial charge in [-0.05, 0) is 37.5 Å². The van der Waals surface area contributed by atoms with E-state index in [2.05, 4.69) is 10.4 Å². The van der Waals surface area contributed by atoms with Crippen molar-refractivity contribution in [2.24, 2.45) is 7.05 Å². The van der Waals surface area contributed by atoms with Crippen LogP contribution in [0.3, 0.4) is 0 Å². The molecule has 2 aromatic rings. The third-order valence-electron chi connectivity index (χ3n) is 4.36. The van der Waals surface area contributed by atoms with E-state index >= 15 is 0 Å². The van der Waals surface area contributed by atoms with Crippen LogP contribution in [-0.2, 0) is 7.05 Å². The Kier molecular flexibility index (Phi) is 4.34. The van der Waals surface area contributed by atoms with Crippen LogP contribution < -0.4 is 5.32 Å². The van der Waals surface area contributed by atoms with Crippen LogP contribution in [0.15, 0.2) is 36.7 Å². The molecule has 6 nitrogen and oxygen atoms in total. The van der Waals surface area contributed by atoms with Gasteiger partial charge in [-0.3, -0.25) is 9.48 Å². The highest BCUT2D eigenvalue weighted by molar-refractivity contribution is 5.95. The van der Waals surface area contributed by atoms with E-state index < -0.39 is 6.10 Å². The number of carbonyl (C=O) groups excluding carboxylic acids is 1. The van der Waals surface area contributed by atoms with Crippen LogP contribution in [0.5, 0.6) is 0 Å². The molecule has 1 aromatic carbocycles. The Bertz CT molecular complexity index is 697. The van der Waals surface area contributed by atoms with Crippen molar-refractivity contribution >= 4 is 17.3 Å². The number of nitrogens with one attached hydrogen (secondary N) is 1. The smallest absolute Gasteiger partial charge is 0.254 e. The summed E-state index contributed by atoms with van der Waals surface area (Å²) in [6.07, 6.45) is 5.78. The molecule has 6 heteroatoms. The molecule has 122 valence electrons. The molecule has 2 N–H and O–H groups in total. The van der Waals surface area contributed by atoms with Gasteiger partial charge in [0.1, 0.15) is 0 Å². The van der Waals surface area contributed by atoms with Gasteiger partial charge in [0, 0.05) is 31.5 Å². The maximum absolute atomic E-state index is 12.7. The lowest BCUT2D eigenvalue weighted by Crippen LogP contribution is -2.41. The molecule has 1 saturated carbocycles. The number of aliphatic hydroxyl groups excluding tert-OH is 1. The number of hydrogen-bond donors (Lipinski definition) is 2. The van der Waals surface area contributed by atoms with Crippen molar-refractivity contribution in [1.29, 1.82) is 0 Å². The minimum atomic E-state index is -0.416. The minimum absolute atomic E-state index is 0.0641. The van der Waals surface area contributed by atoms with E-state index in [1.165, 1.54) is 0 Å². The molecule has 0 spiro atoms. The minimum Gasteiger partial charge on any atom is -0.391 e. The SMILES string of the molecule is CN(C(=O)c1cccc(Nc2cnn(C)c2)c1)[C@@H]1CCC[C@H]1O. The molecule has 1 amide bonds. The summed E-state index contributed by atoms with van der Waals surface area (Å²) in [5, 5.41) is 17.3. The van der Waals surface area contributed by atoms with E-state index in [0.29, 0.717) is 5.56 Å². The highest BCUT2D eigenvalue weighted by Gasteiger charge is 2.31. The highest BCUT2D eigenvalue weighted by Crippen LogP contribution is 2.25. The van der Waals surface area contributed by atoms with E-state index in [4.69, 9.17) is 0 Å². The number of hydrogen-bond acceptors (Lipinski definition) is 4. The Hall–Kier alpha value is -2.34. The zero-order chi connectivity index (χ0) is 16.4. The van der Waals surface area contributed by atoms with Crippen LogP contribution in [0.4, 0.5) is 11.4 Å². The monoisotopic (exact) mass is 314 g/mol. The van der Waals surface area contributed by atoms with E-state index in [9.17, 15) is 9.90 Å². The number of rotatable bonds is 4. The topological polar surface area (TPSA) is 70.4 Å². The predicted molar refractivity (Wildman–Crippen MR) is 88.7 cm³/mol. The number of amides is 1. The molecule has 0 unspecified atom stereocenters. The molecule has 0 aliphatic heterocycles. The molecule has 2 atom stereocenters. The van der Waals surface area contributed by atoms with E-state index in [0.717, 1.165) is 30.6 Å². The van der Waals surface area contributed by atoms with Crippen molar-refractivity contribution < 1.29 is 9.90 Å². The van der Waals surface area contributed by atoms with Crippen LogP contribution in [0, 0.1) is 0 Å². The Balaban J connectivity index is 1.74.